The van der Waals surface area contributed by atoms with E-state index in [1.54, 1.807) is 19.9 Å². The van der Waals surface area contributed by atoms with Crippen molar-refractivity contribution in [1.82, 2.24) is 0 Å². The fourth-order valence-corrected chi connectivity index (χ4v) is 3.04. The molecule has 1 aromatic rings. The SMILES string of the molecule is Cc1cc(N(C)C2CCCCC2O)c(C(C)O)cc1F. The van der Waals surface area contributed by atoms with Gasteiger partial charge < -0.3 is 15.1 Å². The van der Waals surface area contributed by atoms with Gasteiger partial charge in [-0.05, 0) is 44.4 Å². The van der Waals surface area contributed by atoms with Crippen LogP contribution in [0.1, 0.15) is 49.8 Å². The minimum Gasteiger partial charge on any atom is -0.391 e. The number of hydrogen-bond donors (Lipinski definition) is 2. The maximum atomic E-state index is 13.7. The lowest BCUT2D eigenvalue weighted by Gasteiger charge is -2.38. The smallest absolute Gasteiger partial charge is 0.126 e. The minimum atomic E-state index is -0.733. The molecule has 2 rings (SSSR count). The summed E-state index contributed by atoms with van der Waals surface area (Å²) < 4.78 is 13.7. The number of anilines is 1. The van der Waals surface area contributed by atoms with Crippen molar-refractivity contribution in [2.24, 2.45) is 0 Å². The van der Waals surface area contributed by atoms with Gasteiger partial charge in [-0.1, -0.05) is 12.8 Å². The largest absolute Gasteiger partial charge is 0.391 e. The number of aliphatic hydroxyl groups is 2. The predicted molar refractivity (Wildman–Crippen MR) is 78.4 cm³/mol. The summed E-state index contributed by atoms with van der Waals surface area (Å²) in [6, 6.07) is 3.20. The number of halogens is 1. The molecule has 0 amide bonds. The maximum absolute atomic E-state index is 13.7. The first-order chi connectivity index (χ1) is 9.41. The zero-order valence-corrected chi connectivity index (χ0v) is 12.4. The van der Waals surface area contributed by atoms with Crippen LogP contribution in [-0.4, -0.2) is 29.4 Å². The Hall–Kier alpha value is -1.13. The van der Waals surface area contributed by atoms with Crippen molar-refractivity contribution in [3.05, 3.63) is 29.1 Å². The highest BCUT2D eigenvalue weighted by Crippen LogP contribution is 2.33. The Morgan fingerprint density at radius 2 is 1.95 bits per heavy atom. The molecule has 0 heterocycles. The van der Waals surface area contributed by atoms with Crippen molar-refractivity contribution in [3.63, 3.8) is 0 Å². The molecule has 1 fully saturated rings. The Morgan fingerprint density at radius 3 is 2.55 bits per heavy atom. The van der Waals surface area contributed by atoms with Crippen LogP contribution in [0.3, 0.4) is 0 Å². The normalized spacial score (nSPS) is 24.5. The van der Waals surface area contributed by atoms with E-state index in [2.05, 4.69) is 0 Å². The van der Waals surface area contributed by atoms with Crippen LogP contribution in [0, 0.1) is 12.7 Å². The van der Waals surface area contributed by atoms with Crippen LogP contribution in [0.4, 0.5) is 10.1 Å². The molecule has 1 saturated carbocycles. The Bertz CT molecular complexity index is 476. The van der Waals surface area contributed by atoms with Crippen LogP contribution in [0.2, 0.25) is 0 Å². The van der Waals surface area contributed by atoms with Crippen LogP contribution in [-0.2, 0) is 0 Å². The first-order valence-corrected chi connectivity index (χ1v) is 7.30. The third-order valence-electron chi connectivity index (χ3n) is 4.33. The van der Waals surface area contributed by atoms with Crippen LogP contribution >= 0.6 is 0 Å². The van der Waals surface area contributed by atoms with Gasteiger partial charge in [-0.25, -0.2) is 4.39 Å². The van der Waals surface area contributed by atoms with E-state index in [0.29, 0.717) is 11.1 Å². The average molecular weight is 281 g/mol. The van der Waals surface area contributed by atoms with Crippen molar-refractivity contribution < 1.29 is 14.6 Å². The Morgan fingerprint density at radius 1 is 1.30 bits per heavy atom. The number of rotatable bonds is 3. The van der Waals surface area contributed by atoms with E-state index < -0.39 is 6.10 Å². The van der Waals surface area contributed by atoms with Gasteiger partial charge in [0.2, 0.25) is 0 Å². The van der Waals surface area contributed by atoms with Gasteiger partial charge in [0.15, 0.2) is 0 Å². The summed E-state index contributed by atoms with van der Waals surface area (Å²) in [7, 11) is 1.91. The highest BCUT2D eigenvalue weighted by atomic mass is 19.1. The number of benzene rings is 1. The van der Waals surface area contributed by atoms with Crippen LogP contribution in [0.25, 0.3) is 0 Å². The highest BCUT2D eigenvalue weighted by molar-refractivity contribution is 5.57. The van der Waals surface area contributed by atoms with Gasteiger partial charge in [-0.2, -0.15) is 0 Å². The molecule has 3 unspecified atom stereocenters. The molecule has 0 spiro atoms. The van der Waals surface area contributed by atoms with E-state index >= 15 is 0 Å². The van der Waals surface area contributed by atoms with E-state index in [-0.39, 0.29) is 18.0 Å². The summed E-state index contributed by atoms with van der Waals surface area (Å²) in [5.74, 6) is -0.303. The number of aliphatic hydroxyl groups excluding tert-OH is 2. The van der Waals surface area contributed by atoms with Crippen LogP contribution in [0.15, 0.2) is 12.1 Å². The second kappa shape index (κ2) is 6.10. The molecule has 0 aromatic heterocycles. The summed E-state index contributed by atoms with van der Waals surface area (Å²) in [5, 5.41) is 20.1. The van der Waals surface area contributed by atoms with E-state index in [1.165, 1.54) is 6.07 Å². The molecule has 1 aliphatic carbocycles. The number of likely N-dealkylation sites (N-methyl/N-ethyl adjacent to an activating group) is 1. The van der Waals surface area contributed by atoms with Crippen molar-refractivity contribution in [2.45, 2.75) is 57.8 Å². The Labute approximate surface area is 120 Å². The first-order valence-electron chi connectivity index (χ1n) is 7.30. The summed E-state index contributed by atoms with van der Waals surface area (Å²) in [6.45, 7) is 3.36. The van der Waals surface area contributed by atoms with Gasteiger partial charge in [0.05, 0.1) is 18.2 Å². The first kappa shape index (κ1) is 15.3. The summed E-state index contributed by atoms with van der Waals surface area (Å²) in [4.78, 5) is 2.00. The molecular formula is C16H24FNO2. The van der Waals surface area contributed by atoms with Gasteiger partial charge in [0.1, 0.15) is 5.82 Å². The molecule has 20 heavy (non-hydrogen) atoms. The van der Waals surface area contributed by atoms with Crippen molar-refractivity contribution in [2.75, 3.05) is 11.9 Å². The van der Waals surface area contributed by atoms with E-state index in [0.717, 1.165) is 31.4 Å². The van der Waals surface area contributed by atoms with Crippen molar-refractivity contribution in [1.29, 1.82) is 0 Å². The third-order valence-corrected chi connectivity index (χ3v) is 4.33. The maximum Gasteiger partial charge on any atom is 0.126 e. The zero-order valence-electron chi connectivity index (χ0n) is 12.4. The molecule has 0 bridgehead atoms. The number of aryl methyl sites for hydroxylation is 1. The molecule has 0 aliphatic heterocycles. The molecule has 0 saturated heterocycles. The topological polar surface area (TPSA) is 43.7 Å². The molecule has 2 N–H and O–H groups in total. The summed E-state index contributed by atoms with van der Waals surface area (Å²) in [5.41, 5.74) is 1.94. The zero-order chi connectivity index (χ0) is 14.9. The standard InChI is InChI=1S/C16H24FNO2/c1-10-8-15(12(11(2)19)9-13(10)17)18(3)14-6-4-5-7-16(14)20/h8-9,11,14,16,19-20H,4-7H2,1-3H3. The predicted octanol–water partition coefficient (Wildman–Crippen LogP) is 2.93. The Kier molecular flexibility index (Phi) is 4.66. The fraction of sp³-hybridized carbons (Fsp3) is 0.625. The highest BCUT2D eigenvalue weighted by Gasteiger charge is 2.28. The number of hydrogen-bond acceptors (Lipinski definition) is 3. The molecule has 1 aromatic carbocycles. The summed E-state index contributed by atoms with van der Waals surface area (Å²) >= 11 is 0. The quantitative estimate of drug-likeness (QED) is 0.895. The monoisotopic (exact) mass is 281 g/mol. The van der Waals surface area contributed by atoms with Crippen LogP contribution in [0.5, 0.6) is 0 Å². The lowest BCUT2D eigenvalue weighted by atomic mass is 9.90. The Balaban J connectivity index is 2.37. The second-order valence-corrected chi connectivity index (χ2v) is 5.87. The fourth-order valence-electron chi connectivity index (χ4n) is 3.04. The lowest BCUT2D eigenvalue weighted by molar-refractivity contribution is 0.106. The molecule has 3 atom stereocenters. The van der Waals surface area contributed by atoms with Gasteiger partial charge in [-0.3, -0.25) is 0 Å². The lowest BCUT2D eigenvalue weighted by Crippen LogP contribution is -2.44. The third kappa shape index (κ3) is 2.96. The van der Waals surface area contributed by atoms with Gasteiger partial charge in [0, 0.05) is 18.3 Å². The molecular weight excluding hydrogens is 257 g/mol. The van der Waals surface area contributed by atoms with Gasteiger partial charge >= 0.3 is 0 Å². The van der Waals surface area contributed by atoms with Gasteiger partial charge in [-0.15, -0.1) is 0 Å². The van der Waals surface area contributed by atoms with E-state index in [9.17, 15) is 14.6 Å². The molecule has 112 valence electrons. The van der Waals surface area contributed by atoms with Crippen molar-refractivity contribution >= 4 is 5.69 Å². The number of nitrogens with zero attached hydrogens (tertiary/aromatic N) is 1. The van der Waals surface area contributed by atoms with Crippen molar-refractivity contribution in [3.8, 4) is 0 Å². The van der Waals surface area contributed by atoms with E-state index in [4.69, 9.17) is 0 Å². The van der Waals surface area contributed by atoms with E-state index in [1.807, 2.05) is 11.9 Å². The molecule has 0 radical (unpaired) electrons. The minimum absolute atomic E-state index is 0.0334. The average Bonchev–Trinajstić information content (AvgIpc) is 2.41. The second-order valence-electron chi connectivity index (χ2n) is 5.87. The van der Waals surface area contributed by atoms with Gasteiger partial charge in [0.25, 0.3) is 0 Å². The molecule has 1 aliphatic rings. The summed E-state index contributed by atoms with van der Waals surface area (Å²) in [6.07, 6.45) is 2.78. The van der Waals surface area contributed by atoms with Crippen LogP contribution < -0.4 is 4.90 Å². The molecule has 4 heteroatoms. The molecule has 3 nitrogen and oxygen atoms in total.